The van der Waals surface area contributed by atoms with Gasteiger partial charge in [0.2, 0.25) is 0 Å². The highest BCUT2D eigenvalue weighted by atomic mass is 16.4. The van der Waals surface area contributed by atoms with Crippen molar-refractivity contribution in [1.82, 2.24) is 0 Å². The SMILES string of the molecule is C=C(C)C(=O)O.CCCCC=C(C)C(=O)O.CCCCCCCCCCCCCCCCCCC=C(C)C(=O)O. The average molecular weight is 567 g/mol. The van der Waals surface area contributed by atoms with Gasteiger partial charge in [-0.15, -0.1) is 0 Å². The van der Waals surface area contributed by atoms with E-state index in [2.05, 4.69) is 20.4 Å². The van der Waals surface area contributed by atoms with Gasteiger partial charge < -0.3 is 15.3 Å². The second-order valence-corrected chi connectivity index (χ2v) is 10.7. The second kappa shape index (κ2) is 32.8. The molecule has 0 spiro atoms. The summed E-state index contributed by atoms with van der Waals surface area (Å²) in [6.07, 6.45) is 29.6. The molecule has 0 bridgehead atoms. The Labute approximate surface area is 246 Å². The first kappa shape index (κ1) is 42.1. The third kappa shape index (κ3) is 37.8. The fourth-order valence-electron chi connectivity index (χ4n) is 3.71. The van der Waals surface area contributed by atoms with Crippen molar-refractivity contribution >= 4 is 17.9 Å². The van der Waals surface area contributed by atoms with Gasteiger partial charge in [-0.2, -0.15) is 0 Å². The van der Waals surface area contributed by atoms with Crippen LogP contribution in [0, 0.1) is 0 Å². The van der Waals surface area contributed by atoms with E-state index in [-0.39, 0.29) is 5.57 Å². The van der Waals surface area contributed by atoms with Crippen LogP contribution in [0.2, 0.25) is 0 Å². The van der Waals surface area contributed by atoms with E-state index in [1.54, 1.807) is 19.9 Å². The van der Waals surface area contributed by atoms with Gasteiger partial charge in [0.05, 0.1) is 0 Å². The Hall–Kier alpha value is -2.37. The van der Waals surface area contributed by atoms with E-state index < -0.39 is 17.9 Å². The molecule has 0 rings (SSSR count). The molecular weight excluding hydrogens is 504 g/mol. The van der Waals surface area contributed by atoms with E-state index in [1.807, 2.05) is 6.08 Å². The molecule has 3 N–H and O–H groups in total. The highest BCUT2D eigenvalue weighted by Crippen LogP contribution is 2.14. The third-order valence-corrected chi connectivity index (χ3v) is 6.56. The Kier molecular flexibility index (Phi) is 34.6. The lowest BCUT2D eigenvalue weighted by atomic mass is 10.0. The summed E-state index contributed by atoms with van der Waals surface area (Å²) >= 11 is 0. The van der Waals surface area contributed by atoms with E-state index >= 15 is 0 Å². The molecule has 234 valence electrons. The first-order chi connectivity index (χ1) is 19.0. The van der Waals surface area contributed by atoms with Crippen LogP contribution in [0.3, 0.4) is 0 Å². The molecule has 0 radical (unpaired) electrons. The number of rotatable bonds is 23. The van der Waals surface area contributed by atoms with E-state index in [1.165, 1.54) is 103 Å². The fourth-order valence-corrected chi connectivity index (χ4v) is 3.71. The number of hydrogen-bond acceptors (Lipinski definition) is 3. The molecule has 0 saturated heterocycles. The summed E-state index contributed by atoms with van der Waals surface area (Å²) in [7, 11) is 0. The number of hydrogen-bond donors (Lipinski definition) is 3. The lowest BCUT2D eigenvalue weighted by Gasteiger charge is -2.03. The van der Waals surface area contributed by atoms with Crippen molar-refractivity contribution in [3.63, 3.8) is 0 Å². The van der Waals surface area contributed by atoms with Gasteiger partial charge in [-0.05, 0) is 40.0 Å². The topological polar surface area (TPSA) is 112 Å². The van der Waals surface area contributed by atoms with Crippen LogP contribution in [0.15, 0.2) is 35.5 Å². The zero-order valence-electron chi connectivity index (χ0n) is 26.6. The fraction of sp³-hybridized carbons (Fsp3) is 0.735. The quantitative estimate of drug-likeness (QED) is 0.0837. The highest BCUT2D eigenvalue weighted by molar-refractivity contribution is 5.86. The highest BCUT2D eigenvalue weighted by Gasteiger charge is 1.98. The van der Waals surface area contributed by atoms with E-state index in [0.717, 1.165) is 32.1 Å². The number of allylic oxidation sites excluding steroid dienone is 2. The molecule has 0 aliphatic heterocycles. The van der Waals surface area contributed by atoms with Gasteiger partial charge in [0.25, 0.3) is 0 Å². The maximum atomic E-state index is 10.6. The Morgan fingerprint density at radius 2 is 0.725 bits per heavy atom. The van der Waals surface area contributed by atoms with Crippen molar-refractivity contribution in [2.45, 2.75) is 163 Å². The molecular formula is C34H62O6. The molecule has 0 aliphatic carbocycles. The van der Waals surface area contributed by atoms with Crippen LogP contribution in [0.25, 0.3) is 0 Å². The van der Waals surface area contributed by atoms with Crippen LogP contribution in [0.4, 0.5) is 0 Å². The molecule has 0 aromatic carbocycles. The number of carboxylic acid groups (broad SMARTS) is 3. The predicted octanol–water partition coefficient (Wildman–Crippen LogP) is 10.5. The molecule has 6 heteroatoms. The summed E-state index contributed by atoms with van der Waals surface area (Å²) in [6.45, 7) is 12.3. The van der Waals surface area contributed by atoms with Gasteiger partial charge in [-0.25, -0.2) is 14.4 Å². The Morgan fingerprint density at radius 3 is 0.975 bits per heavy atom. The largest absolute Gasteiger partial charge is 0.478 e. The van der Waals surface area contributed by atoms with Gasteiger partial charge >= 0.3 is 17.9 Å². The summed E-state index contributed by atoms with van der Waals surface area (Å²) in [4.78, 5) is 30.5. The average Bonchev–Trinajstić information content (AvgIpc) is 2.90. The van der Waals surface area contributed by atoms with Crippen LogP contribution in [0.1, 0.15) is 163 Å². The molecule has 0 fully saturated rings. The number of carbonyl (C=O) groups is 3. The van der Waals surface area contributed by atoms with Gasteiger partial charge in [-0.3, -0.25) is 0 Å². The van der Waals surface area contributed by atoms with Crippen molar-refractivity contribution in [3.8, 4) is 0 Å². The summed E-state index contributed by atoms with van der Waals surface area (Å²) in [6, 6.07) is 0. The lowest BCUT2D eigenvalue weighted by Crippen LogP contribution is -1.95. The van der Waals surface area contributed by atoms with Crippen LogP contribution < -0.4 is 0 Å². The normalized spacial score (nSPS) is 11.1. The van der Waals surface area contributed by atoms with E-state index in [4.69, 9.17) is 15.3 Å². The molecule has 40 heavy (non-hydrogen) atoms. The summed E-state index contributed by atoms with van der Waals surface area (Å²) in [5, 5.41) is 25.1. The lowest BCUT2D eigenvalue weighted by molar-refractivity contribution is -0.133. The number of aliphatic carboxylic acids is 3. The minimum atomic E-state index is -0.935. The molecule has 0 atom stereocenters. The Bertz CT molecular complexity index is 693. The maximum Gasteiger partial charge on any atom is 0.330 e. The Balaban J connectivity index is -0.000000697. The van der Waals surface area contributed by atoms with Crippen molar-refractivity contribution in [2.75, 3.05) is 0 Å². The molecule has 0 aromatic rings. The standard InChI is InChI=1S/C22H42O2.C8H14O2.C4H6O2/c1-3-4-5-6-7-8-9-10-11-12-13-14-15-16-17-18-19-20-21(2)22(23)24;1-3-4-5-6-7(2)8(9)10;1-3(2)4(5)6/h20H,3-19H2,1-2H3,(H,23,24);6H,3-5H2,1-2H3,(H,9,10);1H2,2H3,(H,5,6). The maximum absolute atomic E-state index is 10.6. The summed E-state index contributed by atoms with van der Waals surface area (Å²) in [5.74, 6) is -2.53. The van der Waals surface area contributed by atoms with Crippen molar-refractivity contribution in [3.05, 3.63) is 35.5 Å². The summed E-state index contributed by atoms with van der Waals surface area (Å²) < 4.78 is 0. The molecule has 0 heterocycles. The zero-order valence-corrected chi connectivity index (χ0v) is 26.6. The monoisotopic (exact) mass is 566 g/mol. The van der Waals surface area contributed by atoms with Crippen molar-refractivity contribution < 1.29 is 29.7 Å². The molecule has 0 amide bonds. The van der Waals surface area contributed by atoms with Crippen LogP contribution in [-0.2, 0) is 14.4 Å². The molecule has 0 aromatic heterocycles. The molecule has 6 nitrogen and oxygen atoms in total. The third-order valence-electron chi connectivity index (χ3n) is 6.56. The van der Waals surface area contributed by atoms with E-state index in [9.17, 15) is 14.4 Å². The van der Waals surface area contributed by atoms with Gasteiger partial charge in [-0.1, -0.05) is 142 Å². The van der Waals surface area contributed by atoms with E-state index in [0.29, 0.717) is 11.1 Å². The second-order valence-electron chi connectivity index (χ2n) is 10.7. The van der Waals surface area contributed by atoms with Gasteiger partial charge in [0, 0.05) is 16.7 Å². The Morgan fingerprint density at radius 1 is 0.475 bits per heavy atom. The first-order valence-electron chi connectivity index (χ1n) is 15.7. The molecule has 0 unspecified atom stereocenters. The van der Waals surface area contributed by atoms with Crippen molar-refractivity contribution in [1.29, 1.82) is 0 Å². The smallest absolute Gasteiger partial charge is 0.330 e. The molecule has 0 saturated carbocycles. The first-order valence-corrected chi connectivity index (χ1v) is 15.7. The van der Waals surface area contributed by atoms with Crippen LogP contribution in [0.5, 0.6) is 0 Å². The molecule has 0 aliphatic rings. The van der Waals surface area contributed by atoms with Crippen LogP contribution in [-0.4, -0.2) is 33.2 Å². The van der Waals surface area contributed by atoms with Crippen LogP contribution >= 0.6 is 0 Å². The zero-order chi connectivity index (χ0) is 31.0. The summed E-state index contributed by atoms with van der Waals surface area (Å²) in [5.41, 5.74) is 1.11. The number of unbranched alkanes of at least 4 members (excludes halogenated alkanes) is 18. The minimum Gasteiger partial charge on any atom is -0.478 e. The number of carboxylic acids is 3. The van der Waals surface area contributed by atoms with Crippen molar-refractivity contribution in [2.24, 2.45) is 0 Å². The van der Waals surface area contributed by atoms with Gasteiger partial charge in [0.15, 0.2) is 0 Å². The predicted molar refractivity (Wildman–Crippen MR) is 169 cm³/mol. The minimum absolute atomic E-state index is 0.176. The van der Waals surface area contributed by atoms with Gasteiger partial charge in [0.1, 0.15) is 0 Å².